The van der Waals surface area contributed by atoms with Gasteiger partial charge in [0.1, 0.15) is 12.4 Å². The number of ether oxygens (including phenoxy) is 1. The molecule has 0 aliphatic carbocycles. The number of nitrogens with one attached hydrogen (secondary N) is 1. The monoisotopic (exact) mass is 347 g/mol. The lowest BCUT2D eigenvalue weighted by Gasteiger charge is -2.11. The van der Waals surface area contributed by atoms with Crippen molar-refractivity contribution >= 4 is 15.9 Å². The molecule has 21 heavy (non-hydrogen) atoms. The maximum atomic E-state index is 5.93. The van der Waals surface area contributed by atoms with Crippen LogP contribution in [-0.4, -0.2) is 6.54 Å². The van der Waals surface area contributed by atoms with E-state index in [-0.39, 0.29) is 0 Å². The molecule has 0 radical (unpaired) electrons. The summed E-state index contributed by atoms with van der Waals surface area (Å²) in [7, 11) is 0. The molecule has 0 aliphatic rings. The van der Waals surface area contributed by atoms with Crippen LogP contribution >= 0.6 is 15.9 Å². The van der Waals surface area contributed by atoms with Crippen LogP contribution in [-0.2, 0) is 13.2 Å². The topological polar surface area (TPSA) is 21.3 Å². The minimum Gasteiger partial charge on any atom is -0.488 e. The van der Waals surface area contributed by atoms with Crippen LogP contribution in [0.15, 0.2) is 40.9 Å². The number of hydrogen-bond acceptors (Lipinski definition) is 2. The van der Waals surface area contributed by atoms with Gasteiger partial charge in [-0.25, -0.2) is 0 Å². The Balaban J connectivity index is 2.02. The Hall–Kier alpha value is -1.32. The SMILES string of the molecule is CCNCc1ccc(OCc2cc(C)cc(C)c2)c(Br)c1. The first-order valence-corrected chi connectivity index (χ1v) is 8.07. The zero-order valence-corrected chi connectivity index (χ0v) is 14.5. The van der Waals surface area contributed by atoms with E-state index in [4.69, 9.17) is 4.74 Å². The fourth-order valence-corrected chi connectivity index (χ4v) is 2.89. The fraction of sp³-hybridized carbons (Fsp3) is 0.333. The number of benzene rings is 2. The molecule has 0 unspecified atom stereocenters. The fourth-order valence-electron chi connectivity index (χ4n) is 2.35. The molecule has 2 aromatic carbocycles. The minimum atomic E-state index is 0.591. The second-order valence-corrected chi connectivity index (χ2v) is 6.18. The summed E-state index contributed by atoms with van der Waals surface area (Å²) in [5.74, 6) is 0.884. The third-order valence-electron chi connectivity index (χ3n) is 3.25. The van der Waals surface area contributed by atoms with Gasteiger partial charge in [-0.15, -0.1) is 0 Å². The van der Waals surface area contributed by atoms with Crippen molar-refractivity contribution in [2.45, 2.75) is 33.9 Å². The number of hydrogen-bond donors (Lipinski definition) is 1. The summed E-state index contributed by atoms with van der Waals surface area (Å²) < 4.78 is 6.93. The predicted octanol–water partition coefficient (Wildman–Crippen LogP) is 4.75. The van der Waals surface area contributed by atoms with Crippen molar-refractivity contribution in [2.75, 3.05) is 6.54 Å². The summed E-state index contributed by atoms with van der Waals surface area (Å²) in [6.07, 6.45) is 0. The quantitative estimate of drug-likeness (QED) is 0.813. The van der Waals surface area contributed by atoms with Crippen LogP contribution in [0, 0.1) is 13.8 Å². The van der Waals surface area contributed by atoms with Gasteiger partial charge in [-0.05, 0) is 59.6 Å². The Bertz CT molecular complexity index is 590. The maximum Gasteiger partial charge on any atom is 0.134 e. The minimum absolute atomic E-state index is 0.591. The average molecular weight is 348 g/mol. The van der Waals surface area contributed by atoms with Crippen molar-refractivity contribution < 1.29 is 4.74 Å². The Morgan fingerprint density at radius 2 is 1.71 bits per heavy atom. The molecule has 0 fully saturated rings. The molecule has 0 atom stereocenters. The molecule has 0 saturated carbocycles. The predicted molar refractivity (Wildman–Crippen MR) is 91.8 cm³/mol. The summed E-state index contributed by atoms with van der Waals surface area (Å²) in [4.78, 5) is 0. The molecule has 0 amide bonds. The molecule has 112 valence electrons. The van der Waals surface area contributed by atoms with Crippen molar-refractivity contribution in [1.29, 1.82) is 0 Å². The molecule has 2 nitrogen and oxygen atoms in total. The first-order chi connectivity index (χ1) is 10.1. The van der Waals surface area contributed by atoms with Gasteiger partial charge in [0.05, 0.1) is 4.47 Å². The van der Waals surface area contributed by atoms with Crippen LogP contribution in [0.1, 0.15) is 29.2 Å². The maximum absolute atomic E-state index is 5.93. The highest BCUT2D eigenvalue weighted by atomic mass is 79.9. The van der Waals surface area contributed by atoms with Crippen molar-refractivity contribution in [3.63, 3.8) is 0 Å². The Labute approximate surface area is 135 Å². The molecule has 0 spiro atoms. The Kier molecular flexibility index (Phi) is 5.83. The molecular formula is C18H22BrNO. The van der Waals surface area contributed by atoms with E-state index in [2.05, 4.69) is 72.3 Å². The first kappa shape index (κ1) is 16.1. The van der Waals surface area contributed by atoms with Crippen molar-refractivity contribution in [2.24, 2.45) is 0 Å². The van der Waals surface area contributed by atoms with E-state index in [1.165, 1.54) is 22.3 Å². The van der Waals surface area contributed by atoms with Gasteiger partial charge >= 0.3 is 0 Å². The number of halogens is 1. The zero-order chi connectivity index (χ0) is 15.2. The van der Waals surface area contributed by atoms with Crippen LogP contribution < -0.4 is 10.1 Å². The van der Waals surface area contributed by atoms with Gasteiger partial charge in [0, 0.05) is 6.54 Å². The highest BCUT2D eigenvalue weighted by Crippen LogP contribution is 2.27. The van der Waals surface area contributed by atoms with Gasteiger partial charge in [-0.1, -0.05) is 42.3 Å². The van der Waals surface area contributed by atoms with Crippen LogP contribution in [0.3, 0.4) is 0 Å². The van der Waals surface area contributed by atoms with Crippen molar-refractivity contribution in [3.05, 3.63) is 63.1 Å². The lowest BCUT2D eigenvalue weighted by atomic mass is 10.1. The van der Waals surface area contributed by atoms with Gasteiger partial charge in [0.25, 0.3) is 0 Å². The molecule has 0 saturated heterocycles. The Morgan fingerprint density at radius 1 is 1.00 bits per heavy atom. The largest absolute Gasteiger partial charge is 0.488 e. The molecule has 2 rings (SSSR count). The van der Waals surface area contributed by atoms with Gasteiger partial charge in [-0.3, -0.25) is 0 Å². The highest BCUT2D eigenvalue weighted by Gasteiger charge is 2.04. The number of rotatable bonds is 6. The molecular weight excluding hydrogens is 326 g/mol. The first-order valence-electron chi connectivity index (χ1n) is 7.27. The third-order valence-corrected chi connectivity index (χ3v) is 3.87. The Morgan fingerprint density at radius 3 is 2.33 bits per heavy atom. The molecule has 1 N–H and O–H groups in total. The van der Waals surface area contributed by atoms with Crippen LogP contribution in [0.2, 0.25) is 0 Å². The lowest BCUT2D eigenvalue weighted by molar-refractivity contribution is 0.304. The lowest BCUT2D eigenvalue weighted by Crippen LogP contribution is -2.11. The third kappa shape index (κ3) is 4.87. The van der Waals surface area contributed by atoms with Crippen LogP contribution in [0.4, 0.5) is 0 Å². The molecule has 0 bridgehead atoms. The summed E-state index contributed by atoms with van der Waals surface area (Å²) in [6.45, 7) is 8.78. The van der Waals surface area contributed by atoms with Gasteiger partial charge in [-0.2, -0.15) is 0 Å². The molecule has 0 heterocycles. The second-order valence-electron chi connectivity index (χ2n) is 5.33. The summed E-state index contributed by atoms with van der Waals surface area (Å²) in [5, 5.41) is 3.32. The van der Waals surface area contributed by atoms with E-state index in [1.54, 1.807) is 0 Å². The van der Waals surface area contributed by atoms with E-state index < -0.39 is 0 Å². The molecule has 2 aromatic rings. The average Bonchev–Trinajstić information content (AvgIpc) is 2.43. The zero-order valence-electron chi connectivity index (χ0n) is 12.9. The van der Waals surface area contributed by atoms with Crippen LogP contribution in [0.5, 0.6) is 5.75 Å². The molecule has 3 heteroatoms. The summed E-state index contributed by atoms with van der Waals surface area (Å²) in [6, 6.07) is 12.7. The second kappa shape index (κ2) is 7.62. The number of aryl methyl sites for hydroxylation is 2. The van der Waals surface area contributed by atoms with Crippen molar-refractivity contribution in [3.8, 4) is 5.75 Å². The smallest absolute Gasteiger partial charge is 0.134 e. The van der Waals surface area contributed by atoms with E-state index in [9.17, 15) is 0 Å². The molecule has 0 aliphatic heterocycles. The molecule has 0 aromatic heterocycles. The standard InChI is InChI=1S/C18H22BrNO/c1-4-20-11-15-5-6-18(17(19)10-15)21-12-16-8-13(2)7-14(3)9-16/h5-10,20H,4,11-12H2,1-3H3. The highest BCUT2D eigenvalue weighted by molar-refractivity contribution is 9.10. The van der Waals surface area contributed by atoms with Gasteiger partial charge in [0.2, 0.25) is 0 Å². The van der Waals surface area contributed by atoms with Gasteiger partial charge < -0.3 is 10.1 Å². The van der Waals surface area contributed by atoms with E-state index >= 15 is 0 Å². The summed E-state index contributed by atoms with van der Waals surface area (Å²) >= 11 is 3.59. The normalized spacial score (nSPS) is 10.7. The van der Waals surface area contributed by atoms with Crippen molar-refractivity contribution in [1.82, 2.24) is 5.32 Å². The summed E-state index contributed by atoms with van der Waals surface area (Å²) in [5.41, 5.74) is 5.00. The van der Waals surface area contributed by atoms with E-state index in [0.717, 1.165) is 23.3 Å². The van der Waals surface area contributed by atoms with E-state index in [1.807, 2.05) is 6.07 Å². The van der Waals surface area contributed by atoms with Gasteiger partial charge in [0.15, 0.2) is 0 Å². The van der Waals surface area contributed by atoms with E-state index in [0.29, 0.717) is 6.61 Å². The van der Waals surface area contributed by atoms with Crippen LogP contribution in [0.25, 0.3) is 0 Å².